The molecule has 0 aliphatic carbocycles. The van der Waals surface area contributed by atoms with Crippen molar-refractivity contribution in [2.45, 2.75) is 29.8 Å². The summed E-state index contributed by atoms with van der Waals surface area (Å²) in [6, 6.07) is 18.3. The fourth-order valence-electron chi connectivity index (χ4n) is 4.18. The third kappa shape index (κ3) is 4.43. The van der Waals surface area contributed by atoms with Crippen LogP contribution in [0.5, 0.6) is 0 Å². The van der Waals surface area contributed by atoms with E-state index in [1.54, 1.807) is 17.3 Å². The van der Waals surface area contributed by atoms with Gasteiger partial charge in [-0.2, -0.15) is 0 Å². The Morgan fingerprint density at radius 2 is 1.74 bits per heavy atom. The minimum absolute atomic E-state index is 0.0818. The number of aromatic nitrogens is 4. The topological polar surface area (TPSA) is 75.7 Å². The fourth-order valence-corrected chi connectivity index (χ4v) is 5.22. The second-order valence-corrected chi connectivity index (χ2v) is 9.16. The van der Waals surface area contributed by atoms with Crippen LogP contribution in [0.1, 0.15) is 12.5 Å². The summed E-state index contributed by atoms with van der Waals surface area (Å²) in [6.45, 7) is 4.78. The number of rotatable bonds is 6. The van der Waals surface area contributed by atoms with Crippen LogP contribution in [0.2, 0.25) is 0 Å². The van der Waals surface area contributed by atoms with Crippen LogP contribution >= 0.6 is 11.8 Å². The Bertz CT molecular complexity index is 1360. The normalized spacial score (nSPS) is 14.0. The van der Waals surface area contributed by atoms with Crippen molar-refractivity contribution >= 4 is 29.0 Å². The summed E-state index contributed by atoms with van der Waals surface area (Å²) < 4.78 is 2.71. The Morgan fingerprint density at radius 3 is 2.50 bits per heavy atom. The van der Waals surface area contributed by atoms with Gasteiger partial charge in [0.1, 0.15) is 11.6 Å². The Balaban J connectivity index is 1.32. The molecule has 5 rings (SSSR count). The number of carbonyl (C=O) groups excluding carboxylic acids is 1. The van der Waals surface area contributed by atoms with Crippen molar-refractivity contribution in [1.29, 1.82) is 0 Å². The second-order valence-electron chi connectivity index (χ2n) is 8.13. The van der Waals surface area contributed by atoms with E-state index in [1.807, 2.05) is 36.4 Å². The average Bonchev–Trinajstić information content (AvgIpc) is 3.21. The molecule has 1 aliphatic heterocycles. The molecule has 9 heteroatoms. The van der Waals surface area contributed by atoms with Crippen molar-refractivity contribution in [2.24, 2.45) is 0 Å². The third-order valence-corrected chi connectivity index (χ3v) is 7.17. The largest absolute Gasteiger partial charge is 0.368 e. The molecule has 2 aromatic carbocycles. The Kier molecular flexibility index (Phi) is 6.35. The molecule has 0 saturated carbocycles. The molecule has 0 atom stereocenters. The number of carbonyl (C=O) groups is 1. The highest BCUT2D eigenvalue weighted by Crippen LogP contribution is 2.31. The maximum Gasteiger partial charge on any atom is 0.350 e. The van der Waals surface area contributed by atoms with E-state index in [-0.39, 0.29) is 18.1 Å². The number of hydrogen-bond donors (Lipinski definition) is 0. The van der Waals surface area contributed by atoms with Gasteiger partial charge in [-0.25, -0.2) is 18.9 Å². The van der Waals surface area contributed by atoms with Gasteiger partial charge in [0, 0.05) is 49.2 Å². The summed E-state index contributed by atoms with van der Waals surface area (Å²) in [5.74, 6) is -0.100. The van der Waals surface area contributed by atoms with E-state index >= 15 is 0 Å². The number of aryl methyl sites for hydroxylation is 1. The second kappa shape index (κ2) is 9.72. The van der Waals surface area contributed by atoms with E-state index in [9.17, 15) is 9.59 Å². The van der Waals surface area contributed by atoms with Crippen LogP contribution < -0.4 is 10.6 Å². The van der Waals surface area contributed by atoms with Gasteiger partial charge in [0.05, 0.1) is 0 Å². The van der Waals surface area contributed by atoms with Crippen LogP contribution in [-0.2, 0) is 17.8 Å². The zero-order valence-electron chi connectivity index (χ0n) is 19.0. The van der Waals surface area contributed by atoms with Gasteiger partial charge in [-0.05, 0) is 30.2 Å². The van der Waals surface area contributed by atoms with E-state index in [1.165, 1.54) is 26.4 Å². The Morgan fingerprint density at radius 1 is 1.00 bits per heavy atom. The molecule has 0 bridgehead atoms. The Labute approximate surface area is 201 Å². The predicted octanol–water partition coefficient (Wildman–Crippen LogP) is 2.95. The smallest absolute Gasteiger partial charge is 0.350 e. The molecule has 1 fully saturated rings. The van der Waals surface area contributed by atoms with Gasteiger partial charge < -0.3 is 9.80 Å². The summed E-state index contributed by atoms with van der Waals surface area (Å²) in [5, 5.41) is 5.13. The number of nitrogens with zero attached hydrogens (tertiary/aromatic N) is 6. The molecule has 1 amide bonds. The van der Waals surface area contributed by atoms with Gasteiger partial charge >= 0.3 is 5.69 Å². The number of hydrogen-bond acceptors (Lipinski definition) is 6. The van der Waals surface area contributed by atoms with Crippen LogP contribution in [0, 0.1) is 0 Å². The number of amides is 1. The summed E-state index contributed by atoms with van der Waals surface area (Å²) >= 11 is 1.49. The van der Waals surface area contributed by atoms with Gasteiger partial charge in [-0.1, -0.05) is 55.1 Å². The first-order chi connectivity index (χ1) is 16.6. The van der Waals surface area contributed by atoms with Gasteiger partial charge in [0.2, 0.25) is 5.91 Å². The van der Waals surface area contributed by atoms with Crippen LogP contribution in [0.25, 0.3) is 5.65 Å². The minimum atomic E-state index is -0.334. The fraction of sp³-hybridized carbons (Fsp3) is 0.280. The standard InChI is InChI=1S/C25H26N6O2S/c1-2-19-8-6-7-11-21(19)34-24-23-27-31(25(33)30(23)13-12-26-24)18-22(32)29-16-14-28(15-17-29)20-9-4-3-5-10-20/h3-13H,2,14-18H2,1H3. The van der Waals surface area contributed by atoms with Crippen LogP contribution in [-0.4, -0.2) is 56.2 Å². The van der Waals surface area contributed by atoms with Crippen molar-refractivity contribution in [1.82, 2.24) is 24.1 Å². The quantitative estimate of drug-likeness (QED) is 0.428. The number of benzene rings is 2. The lowest BCUT2D eigenvalue weighted by molar-refractivity contribution is -0.132. The minimum Gasteiger partial charge on any atom is -0.368 e. The molecule has 0 N–H and O–H groups in total. The lowest BCUT2D eigenvalue weighted by atomic mass is 10.2. The van der Waals surface area contributed by atoms with E-state index < -0.39 is 0 Å². The molecule has 174 valence electrons. The Hall–Kier alpha value is -3.59. The molecule has 1 saturated heterocycles. The molecular formula is C25H26N6O2S. The zero-order valence-corrected chi connectivity index (χ0v) is 19.8. The molecule has 0 spiro atoms. The molecule has 8 nitrogen and oxygen atoms in total. The molecule has 4 aromatic rings. The van der Waals surface area contributed by atoms with Crippen LogP contribution in [0.4, 0.5) is 5.69 Å². The zero-order chi connectivity index (χ0) is 23.5. The monoisotopic (exact) mass is 474 g/mol. The molecule has 1 aliphatic rings. The maximum atomic E-state index is 13.0. The highest BCUT2D eigenvalue weighted by atomic mass is 32.2. The van der Waals surface area contributed by atoms with Crippen molar-refractivity contribution in [3.63, 3.8) is 0 Å². The highest BCUT2D eigenvalue weighted by Gasteiger charge is 2.23. The lowest BCUT2D eigenvalue weighted by Crippen LogP contribution is -2.50. The summed E-state index contributed by atoms with van der Waals surface area (Å²) in [4.78, 5) is 35.6. The number of fused-ring (bicyclic) bond motifs is 1. The van der Waals surface area contributed by atoms with Crippen LogP contribution in [0.15, 0.2) is 81.7 Å². The maximum absolute atomic E-state index is 13.0. The summed E-state index contributed by atoms with van der Waals surface area (Å²) in [6.07, 6.45) is 4.10. The highest BCUT2D eigenvalue weighted by molar-refractivity contribution is 7.99. The van der Waals surface area contributed by atoms with E-state index in [2.05, 4.69) is 40.1 Å². The summed E-state index contributed by atoms with van der Waals surface area (Å²) in [7, 11) is 0. The first-order valence-corrected chi connectivity index (χ1v) is 12.2. The number of piperazine rings is 1. The average molecular weight is 475 g/mol. The van der Waals surface area contributed by atoms with Gasteiger partial charge in [0.15, 0.2) is 5.65 Å². The van der Waals surface area contributed by atoms with Crippen molar-refractivity contribution in [2.75, 3.05) is 31.1 Å². The predicted molar refractivity (Wildman–Crippen MR) is 132 cm³/mol. The van der Waals surface area contributed by atoms with E-state index in [0.717, 1.165) is 30.1 Å². The van der Waals surface area contributed by atoms with Crippen molar-refractivity contribution in [3.05, 3.63) is 83.0 Å². The molecular weight excluding hydrogens is 448 g/mol. The lowest BCUT2D eigenvalue weighted by Gasteiger charge is -2.36. The van der Waals surface area contributed by atoms with E-state index in [0.29, 0.717) is 23.8 Å². The van der Waals surface area contributed by atoms with Crippen molar-refractivity contribution < 1.29 is 4.79 Å². The first kappa shape index (κ1) is 22.2. The van der Waals surface area contributed by atoms with Gasteiger partial charge in [0.25, 0.3) is 0 Å². The molecule has 2 aromatic heterocycles. The number of anilines is 1. The van der Waals surface area contributed by atoms with Gasteiger partial charge in [-0.15, -0.1) is 5.10 Å². The van der Waals surface area contributed by atoms with Gasteiger partial charge in [-0.3, -0.25) is 4.79 Å². The van der Waals surface area contributed by atoms with Crippen LogP contribution in [0.3, 0.4) is 0 Å². The molecule has 3 heterocycles. The summed E-state index contributed by atoms with van der Waals surface area (Å²) in [5.41, 5.74) is 2.50. The third-order valence-electron chi connectivity index (χ3n) is 6.07. The molecule has 0 unspecified atom stereocenters. The number of para-hydroxylation sites is 1. The SMILES string of the molecule is CCc1ccccc1Sc1nccn2c(=O)n(CC(=O)N3CCN(c4ccccc4)CC3)nc12. The van der Waals surface area contributed by atoms with Crippen molar-refractivity contribution in [3.8, 4) is 0 Å². The first-order valence-electron chi connectivity index (χ1n) is 11.4. The molecule has 0 radical (unpaired) electrons. The molecule has 34 heavy (non-hydrogen) atoms. The van der Waals surface area contributed by atoms with E-state index in [4.69, 9.17) is 0 Å².